The molecular weight excluding hydrogens is 249 g/mol. The zero-order valence-electron chi connectivity index (χ0n) is 10.6. The van der Waals surface area contributed by atoms with E-state index in [9.17, 15) is 14.0 Å². The summed E-state index contributed by atoms with van der Waals surface area (Å²) in [7, 11) is 0. The summed E-state index contributed by atoms with van der Waals surface area (Å²) in [5, 5.41) is 8.55. The van der Waals surface area contributed by atoms with Gasteiger partial charge in [-0.05, 0) is 37.6 Å². The van der Waals surface area contributed by atoms with Gasteiger partial charge in [0.25, 0.3) is 0 Å². The zero-order chi connectivity index (χ0) is 14.3. The van der Waals surface area contributed by atoms with Crippen LogP contribution in [0, 0.1) is 23.1 Å². The van der Waals surface area contributed by atoms with Crippen LogP contribution >= 0.6 is 0 Å². The Morgan fingerprint density at radius 1 is 1.37 bits per heavy atom. The van der Waals surface area contributed by atoms with Crippen molar-refractivity contribution in [1.29, 1.82) is 5.26 Å². The van der Waals surface area contributed by atoms with Gasteiger partial charge >= 0.3 is 5.97 Å². The molecular formula is C14H14FNO3. The monoisotopic (exact) mass is 263 g/mol. The third-order valence-electron chi connectivity index (χ3n) is 2.56. The maximum atomic E-state index is 12.8. The number of rotatable bonds is 6. The molecule has 100 valence electrons. The Hall–Kier alpha value is -2.22. The lowest BCUT2D eigenvalue weighted by molar-refractivity contribution is -0.146. The largest absolute Gasteiger partial charge is 0.465 e. The molecule has 1 aromatic rings. The summed E-state index contributed by atoms with van der Waals surface area (Å²) in [5.74, 6) is -2.56. The predicted molar refractivity (Wildman–Crippen MR) is 65.7 cm³/mol. The molecule has 0 aliphatic carbocycles. The van der Waals surface area contributed by atoms with Crippen molar-refractivity contribution in [1.82, 2.24) is 0 Å². The fourth-order valence-electron chi connectivity index (χ4n) is 1.62. The normalized spacial score (nSPS) is 11.4. The number of ether oxygens (including phenoxy) is 1. The van der Waals surface area contributed by atoms with Crippen LogP contribution in [0.5, 0.6) is 0 Å². The summed E-state index contributed by atoms with van der Waals surface area (Å²) in [6.45, 7) is 1.81. The highest BCUT2D eigenvalue weighted by Gasteiger charge is 2.28. The first-order valence-corrected chi connectivity index (χ1v) is 5.93. The molecule has 0 unspecified atom stereocenters. The van der Waals surface area contributed by atoms with Crippen molar-refractivity contribution >= 4 is 11.8 Å². The van der Waals surface area contributed by atoms with Gasteiger partial charge in [-0.1, -0.05) is 0 Å². The molecule has 0 saturated carbocycles. The molecule has 0 aromatic heterocycles. The van der Waals surface area contributed by atoms with Crippen molar-refractivity contribution in [3.05, 3.63) is 35.6 Å². The van der Waals surface area contributed by atoms with Crippen molar-refractivity contribution in [3.63, 3.8) is 0 Å². The van der Waals surface area contributed by atoms with Gasteiger partial charge in [-0.25, -0.2) is 4.39 Å². The standard InChI is InChI=1S/C14H14FNO3/c1-2-19-14(18)12(4-3-9-16)13(17)10-5-7-11(15)8-6-10/h5-8,12H,2-4H2,1H3/t12-/m1/s1. The number of esters is 1. The fourth-order valence-corrected chi connectivity index (χ4v) is 1.62. The Balaban J connectivity index is 2.90. The molecule has 0 radical (unpaired) electrons. The van der Waals surface area contributed by atoms with Crippen LogP contribution < -0.4 is 0 Å². The van der Waals surface area contributed by atoms with E-state index in [0.29, 0.717) is 0 Å². The van der Waals surface area contributed by atoms with Gasteiger partial charge in [0.05, 0.1) is 12.7 Å². The molecule has 0 spiro atoms. The number of halogens is 1. The van der Waals surface area contributed by atoms with Crippen LogP contribution in [0.2, 0.25) is 0 Å². The van der Waals surface area contributed by atoms with Gasteiger partial charge in [-0.3, -0.25) is 9.59 Å². The second-order valence-corrected chi connectivity index (χ2v) is 3.87. The summed E-state index contributed by atoms with van der Waals surface area (Å²) >= 11 is 0. The van der Waals surface area contributed by atoms with E-state index in [1.807, 2.05) is 6.07 Å². The molecule has 0 aliphatic rings. The summed E-state index contributed by atoms with van der Waals surface area (Å²) in [6.07, 6.45) is 0.182. The Kier molecular flexibility index (Phi) is 5.68. The van der Waals surface area contributed by atoms with E-state index < -0.39 is 23.5 Å². The molecule has 1 aromatic carbocycles. The van der Waals surface area contributed by atoms with Crippen molar-refractivity contribution in [2.45, 2.75) is 19.8 Å². The van der Waals surface area contributed by atoms with Crippen molar-refractivity contribution in [2.24, 2.45) is 5.92 Å². The molecule has 1 rings (SSSR count). The molecule has 0 bridgehead atoms. The predicted octanol–water partition coefficient (Wildman–Crippen LogP) is 2.49. The molecule has 5 heteroatoms. The second kappa shape index (κ2) is 7.27. The minimum Gasteiger partial charge on any atom is -0.465 e. The first kappa shape index (κ1) is 14.8. The number of Topliss-reactive ketones (excluding diaryl/α,β-unsaturated/α-hetero) is 1. The van der Waals surface area contributed by atoms with Crippen molar-refractivity contribution in [2.75, 3.05) is 6.61 Å². The van der Waals surface area contributed by atoms with Crippen molar-refractivity contribution in [3.8, 4) is 6.07 Å². The number of ketones is 1. The Morgan fingerprint density at radius 2 is 2.00 bits per heavy atom. The van der Waals surface area contributed by atoms with Gasteiger partial charge in [0.15, 0.2) is 5.78 Å². The van der Waals surface area contributed by atoms with E-state index >= 15 is 0 Å². The SMILES string of the molecule is CCOC(=O)[C@H](CCC#N)C(=O)c1ccc(F)cc1. The summed E-state index contributed by atoms with van der Waals surface area (Å²) in [6, 6.07) is 6.83. The number of carbonyl (C=O) groups is 2. The lowest BCUT2D eigenvalue weighted by Crippen LogP contribution is -2.26. The number of benzene rings is 1. The smallest absolute Gasteiger partial charge is 0.316 e. The highest BCUT2D eigenvalue weighted by atomic mass is 19.1. The first-order chi connectivity index (χ1) is 9.10. The van der Waals surface area contributed by atoms with E-state index in [0.717, 1.165) is 12.1 Å². The lowest BCUT2D eigenvalue weighted by atomic mass is 9.93. The van der Waals surface area contributed by atoms with E-state index in [-0.39, 0.29) is 25.0 Å². The Labute approximate surface area is 110 Å². The van der Waals surface area contributed by atoms with E-state index in [1.54, 1.807) is 6.92 Å². The van der Waals surface area contributed by atoms with Gasteiger partial charge in [-0.2, -0.15) is 5.26 Å². The summed E-state index contributed by atoms with van der Waals surface area (Å²) in [5.41, 5.74) is 0.234. The molecule has 1 atom stereocenters. The average Bonchev–Trinajstić information content (AvgIpc) is 2.40. The van der Waals surface area contributed by atoms with Crippen LogP contribution in [0.15, 0.2) is 24.3 Å². The first-order valence-electron chi connectivity index (χ1n) is 5.93. The summed E-state index contributed by atoms with van der Waals surface area (Å²) in [4.78, 5) is 23.8. The maximum Gasteiger partial charge on any atom is 0.316 e. The Morgan fingerprint density at radius 3 is 2.53 bits per heavy atom. The quantitative estimate of drug-likeness (QED) is 0.449. The van der Waals surface area contributed by atoms with Gasteiger partial charge in [-0.15, -0.1) is 0 Å². The molecule has 0 amide bonds. The number of nitrogens with zero attached hydrogens (tertiary/aromatic N) is 1. The van der Waals surface area contributed by atoms with Crippen LogP contribution in [-0.2, 0) is 9.53 Å². The van der Waals surface area contributed by atoms with Gasteiger partial charge < -0.3 is 4.74 Å². The van der Waals surface area contributed by atoms with Gasteiger partial charge in [0.1, 0.15) is 11.7 Å². The van der Waals surface area contributed by atoms with Crippen LogP contribution in [0.3, 0.4) is 0 Å². The third-order valence-corrected chi connectivity index (χ3v) is 2.56. The van der Waals surface area contributed by atoms with Gasteiger partial charge in [0.2, 0.25) is 0 Å². The molecule has 0 N–H and O–H groups in total. The van der Waals surface area contributed by atoms with Crippen LogP contribution in [0.25, 0.3) is 0 Å². The second-order valence-electron chi connectivity index (χ2n) is 3.87. The minimum absolute atomic E-state index is 0.0798. The van der Waals surface area contributed by atoms with Crippen LogP contribution in [0.4, 0.5) is 4.39 Å². The zero-order valence-corrected chi connectivity index (χ0v) is 10.6. The fraction of sp³-hybridized carbons (Fsp3) is 0.357. The average molecular weight is 263 g/mol. The van der Waals surface area contributed by atoms with E-state index in [2.05, 4.69) is 0 Å². The van der Waals surface area contributed by atoms with E-state index in [1.165, 1.54) is 12.1 Å². The number of nitriles is 1. The van der Waals surface area contributed by atoms with Crippen LogP contribution in [-0.4, -0.2) is 18.4 Å². The third kappa shape index (κ3) is 4.18. The van der Waals surface area contributed by atoms with E-state index in [4.69, 9.17) is 10.00 Å². The highest BCUT2D eigenvalue weighted by molar-refractivity contribution is 6.08. The van der Waals surface area contributed by atoms with Crippen molar-refractivity contribution < 1.29 is 18.7 Å². The van der Waals surface area contributed by atoms with Crippen LogP contribution in [0.1, 0.15) is 30.1 Å². The Bertz CT molecular complexity index is 490. The number of hydrogen-bond acceptors (Lipinski definition) is 4. The topological polar surface area (TPSA) is 67.2 Å². The number of hydrogen-bond donors (Lipinski definition) is 0. The van der Waals surface area contributed by atoms with Gasteiger partial charge in [0, 0.05) is 12.0 Å². The molecule has 0 saturated heterocycles. The highest BCUT2D eigenvalue weighted by Crippen LogP contribution is 2.16. The molecule has 0 fully saturated rings. The molecule has 0 aliphatic heterocycles. The number of carbonyl (C=O) groups excluding carboxylic acids is 2. The molecule has 19 heavy (non-hydrogen) atoms. The maximum absolute atomic E-state index is 12.8. The minimum atomic E-state index is -1.01. The lowest BCUT2D eigenvalue weighted by Gasteiger charge is -2.13. The summed E-state index contributed by atoms with van der Waals surface area (Å²) < 4.78 is 17.6. The molecule has 4 nitrogen and oxygen atoms in total. The molecule has 0 heterocycles.